The van der Waals surface area contributed by atoms with E-state index in [1.165, 1.54) is 0 Å². The van der Waals surface area contributed by atoms with Crippen LogP contribution in [-0.4, -0.2) is 53.7 Å². The largest absolute Gasteiger partial charge is 0.325 e. The van der Waals surface area contributed by atoms with E-state index in [1.54, 1.807) is 11.8 Å². The van der Waals surface area contributed by atoms with Gasteiger partial charge in [0.25, 0.3) is 0 Å². The smallest absolute Gasteiger partial charge is 0.319 e. The van der Waals surface area contributed by atoms with E-state index < -0.39 is 0 Å². The summed E-state index contributed by atoms with van der Waals surface area (Å²) in [6.07, 6.45) is 4.08. The average molecular weight is 387 g/mol. The Bertz CT molecular complexity index is 704. The maximum absolute atomic E-state index is 12.7. The number of thioether (sulfide) groups is 1. The third-order valence-corrected chi connectivity index (χ3v) is 6.20. The molecule has 27 heavy (non-hydrogen) atoms. The van der Waals surface area contributed by atoms with Crippen molar-refractivity contribution in [2.24, 2.45) is 5.92 Å². The molecular formula is C20H26N4O2S. The molecule has 2 heterocycles. The number of carbonyl (C=O) groups is 2. The number of nitriles is 1. The fourth-order valence-electron chi connectivity index (χ4n) is 3.58. The van der Waals surface area contributed by atoms with Gasteiger partial charge in [-0.1, -0.05) is 12.1 Å². The Morgan fingerprint density at radius 3 is 2.48 bits per heavy atom. The van der Waals surface area contributed by atoms with Crippen molar-refractivity contribution >= 4 is 29.4 Å². The van der Waals surface area contributed by atoms with Crippen LogP contribution < -0.4 is 5.32 Å². The lowest BCUT2D eigenvalue weighted by Crippen LogP contribution is -2.47. The zero-order chi connectivity index (χ0) is 19.1. The Hall–Kier alpha value is -2.20. The van der Waals surface area contributed by atoms with Crippen LogP contribution in [0.2, 0.25) is 0 Å². The summed E-state index contributed by atoms with van der Waals surface area (Å²) in [5.41, 5.74) is 0.806. The minimum Gasteiger partial charge on any atom is -0.325 e. The third-order valence-electron chi connectivity index (χ3n) is 5.13. The van der Waals surface area contributed by atoms with Gasteiger partial charge in [0.1, 0.15) is 0 Å². The summed E-state index contributed by atoms with van der Waals surface area (Å²) in [5, 5.41) is 11.7. The Kier molecular flexibility index (Phi) is 6.99. The first-order valence-electron chi connectivity index (χ1n) is 9.62. The van der Waals surface area contributed by atoms with Gasteiger partial charge in [0.05, 0.1) is 11.8 Å². The molecule has 0 spiro atoms. The molecule has 0 saturated carbocycles. The van der Waals surface area contributed by atoms with Crippen molar-refractivity contribution in [2.45, 2.75) is 37.0 Å². The van der Waals surface area contributed by atoms with Crippen LogP contribution in [-0.2, 0) is 4.79 Å². The van der Waals surface area contributed by atoms with E-state index in [0.29, 0.717) is 38.1 Å². The van der Waals surface area contributed by atoms with Crippen molar-refractivity contribution in [3.05, 3.63) is 24.3 Å². The van der Waals surface area contributed by atoms with Crippen molar-refractivity contribution in [3.8, 4) is 6.07 Å². The lowest BCUT2D eigenvalue weighted by atomic mass is 9.96. The molecule has 0 bridgehead atoms. The first kappa shape index (κ1) is 19.6. The maximum atomic E-state index is 12.7. The minimum atomic E-state index is -0.0650. The molecular weight excluding hydrogens is 360 g/mol. The van der Waals surface area contributed by atoms with Gasteiger partial charge in [-0.15, -0.1) is 11.8 Å². The lowest BCUT2D eigenvalue weighted by Gasteiger charge is -2.34. The number of hydrogen-bond donors (Lipinski definition) is 1. The summed E-state index contributed by atoms with van der Waals surface area (Å²) < 4.78 is 0. The van der Waals surface area contributed by atoms with Crippen molar-refractivity contribution in [3.63, 3.8) is 0 Å². The molecule has 3 amide bonds. The molecule has 0 radical (unpaired) electrons. The van der Waals surface area contributed by atoms with Gasteiger partial charge in [-0.3, -0.25) is 4.79 Å². The Morgan fingerprint density at radius 2 is 1.78 bits per heavy atom. The second-order valence-corrected chi connectivity index (χ2v) is 8.12. The van der Waals surface area contributed by atoms with Crippen molar-refractivity contribution in [1.82, 2.24) is 9.80 Å². The highest BCUT2D eigenvalue weighted by molar-refractivity contribution is 7.99. The molecule has 2 fully saturated rings. The van der Waals surface area contributed by atoms with E-state index >= 15 is 0 Å². The number of urea groups is 1. The van der Waals surface area contributed by atoms with Crippen LogP contribution in [0.3, 0.4) is 0 Å². The van der Waals surface area contributed by atoms with E-state index in [1.807, 2.05) is 34.1 Å². The first-order chi connectivity index (χ1) is 13.2. The Balaban J connectivity index is 1.51. The zero-order valence-electron chi connectivity index (χ0n) is 15.5. The predicted octanol–water partition coefficient (Wildman–Crippen LogP) is 3.56. The first-order valence-corrected chi connectivity index (χ1v) is 10.6. The van der Waals surface area contributed by atoms with E-state index in [9.17, 15) is 9.59 Å². The number of nitrogens with zero attached hydrogens (tertiary/aromatic N) is 3. The number of rotatable bonds is 5. The highest BCUT2D eigenvalue weighted by atomic mass is 32.2. The molecule has 6 nitrogen and oxygen atoms in total. The Morgan fingerprint density at radius 1 is 1.11 bits per heavy atom. The summed E-state index contributed by atoms with van der Waals surface area (Å²) in [7, 11) is 0. The summed E-state index contributed by atoms with van der Waals surface area (Å²) in [4.78, 5) is 30.0. The molecule has 0 atom stereocenters. The van der Waals surface area contributed by atoms with Crippen molar-refractivity contribution in [1.29, 1.82) is 5.26 Å². The van der Waals surface area contributed by atoms with Gasteiger partial charge in [0.15, 0.2) is 0 Å². The fraction of sp³-hybridized carbons (Fsp3) is 0.550. The molecule has 2 saturated heterocycles. The van der Waals surface area contributed by atoms with Crippen LogP contribution in [0.5, 0.6) is 0 Å². The van der Waals surface area contributed by atoms with Gasteiger partial charge < -0.3 is 15.1 Å². The van der Waals surface area contributed by atoms with Gasteiger partial charge in [-0.05, 0) is 37.8 Å². The van der Waals surface area contributed by atoms with Gasteiger partial charge in [0.2, 0.25) is 5.91 Å². The molecule has 1 aromatic carbocycles. The average Bonchev–Trinajstić information content (AvgIpc) is 3.24. The number of para-hydroxylation sites is 1. The van der Waals surface area contributed by atoms with E-state index in [2.05, 4.69) is 11.4 Å². The van der Waals surface area contributed by atoms with Crippen LogP contribution in [0.25, 0.3) is 0 Å². The monoisotopic (exact) mass is 386 g/mol. The van der Waals surface area contributed by atoms with Crippen LogP contribution >= 0.6 is 11.8 Å². The van der Waals surface area contributed by atoms with Crippen LogP contribution in [0.15, 0.2) is 29.2 Å². The SMILES string of the molecule is N#CCCSc1ccccc1NC(=O)C1CCN(C(=O)N2CCCC2)CC1. The summed E-state index contributed by atoms with van der Waals surface area (Å²) in [6, 6.07) is 9.98. The molecule has 7 heteroatoms. The molecule has 2 aliphatic heterocycles. The van der Waals surface area contributed by atoms with Crippen LogP contribution in [0, 0.1) is 17.2 Å². The highest BCUT2D eigenvalue weighted by Crippen LogP contribution is 2.29. The zero-order valence-corrected chi connectivity index (χ0v) is 16.3. The number of anilines is 1. The summed E-state index contributed by atoms with van der Waals surface area (Å²) >= 11 is 1.58. The number of amides is 3. The van der Waals surface area contributed by atoms with Gasteiger partial charge in [-0.2, -0.15) is 5.26 Å². The lowest BCUT2D eigenvalue weighted by molar-refractivity contribution is -0.121. The second-order valence-electron chi connectivity index (χ2n) is 6.98. The number of likely N-dealkylation sites (tertiary alicyclic amines) is 2. The molecule has 1 N–H and O–H groups in total. The Labute approximate surface area is 164 Å². The molecule has 0 aliphatic carbocycles. The van der Waals surface area contributed by atoms with Gasteiger partial charge in [-0.25, -0.2) is 4.79 Å². The fourth-order valence-corrected chi connectivity index (χ4v) is 4.44. The molecule has 2 aliphatic rings. The quantitative estimate of drug-likeness (QED) is 0.620. The predicted molar refractivity (Wildman–Crippen MR) is 107 cm³/mol. The highest BCUT2D eigenvalue weighted by Gasteiger charge is 2.30. The summed E-state index contributed by atoms with van der Waals surface area (Å²) in [6.45, 7) is 3.01. The molecule has 144 valence electrons. The molecule has 1 aromatic rings. The van der Waals surface area contributed by atoms with Gasteiger partial charge >= 0.3 is 6.03 Å². The number of nitrogens with one attached hydrogen (secondary N) is 1. The normalized spacial score (nSPS) is 17.6. The van der Waals surface area contributed by atoms with E-state index in [4.69, 9.17) is 5.26 Å². The summed E-state index contributed by atoms with van der Waals surface area (Å²) in [5.74, 6) is 0.668. The number of hydrogen-bond acceptors (Lipinski definition) is 4. The number of piperidine rings is 1. The van der Waals surface area contributed by atoms with Crippen LogP contribution in [0.1, 0.15) is 32.1 Å². The standard InChI is InChI=1S/C20H26N4O2S/c21-10-5-15-27-18-7-2-1-6-17(18)22-19(25)16-8-13-24(14-9-16)20(26)23-11-3-4-12-23/h1-2,6-7,16H,3-5,8-9,11-15H2,(H,22,25). The van der Waals surface area contributed by atoms with Gasteiger partial charge in [0, 0.05) is 49.2 Å². The maximum Gasteiger partial charge on any atom is 0.319 e. The molecule has 0 aromatic heterocycles. The topological polar surface area (TPSA) is 76.4 Å². The molecule has 0 unspecified atom stereocenters. The van der Waals surface area contributed by atoms with Crippen LogP contribution in [0.4, 0.5) is 10.5 Å². The van der Waals surface area contributed by atoms with Crippen molar-refractivity contribution < 1.29 is 9.59 Å². The molecule has 3 rings (SSSR count). The minimum absolute atomic E-state index is 0.0246. The second kappa shape index (κ2) is 9.65. The number of benzene rings is 1. The van der Waals surface area contributed by atoms with E-state index in [0.717, 1.165) is 36.5 Å². The number of carbonyl (C=O) groups excluding carboxylic acids is 2. The van der Waals surface area contributed by atoms with Crippen molar-refractivity contribution in [2.75, 3.05) is 37.2 Å². The van der Waals surface area contributed by atoms with E-state index in [-0.39, 0.29) is 17.9 Å². The third kappa shape index (κ3) is 5.16.